The van der Waals surface area contributed by atoms with Gasteiger partial charge in [-0.2, -0.15) is 0 Å². The molecule has 2 rings (SSSR count). The highest BCUT2D eigenvalue weighted by atomic mass is 15.1. The van der Waals surface area contributed by atoms with Crippen molar-refractivity contribution in [1.29, 1.82) is 0 Å². The van der Waals surface area contributed by atoms with Crippen LogP contribution in [0.4, 0.5) is 5.69 Å². The number of nitrogens with zero attached hydrogens (tertiary/aromatic N) is 1. The standard InChI is InChI=1S/C15H24N2/c1-3-17(4-2)11-9-13-7-8-15-14(12-13)6-5-10-16-15/h7-8,12,16H,3-6,9-11H2,1-2H3. The quantitative estimate of drug-likeness (QED) is 0.839. The zero-order valence-corrected chi connectivity index (χ0v) is 11.1. The number of likely N-dealkylation sites (N-methyl/N-ethyl adjacent to an activating group) is 1. The smallest absolute Gasteiger partial charge is 0.0372 e. The number of hydrogen-bond acceptors (Lipinski definition) is 2. The second-order valence-electron chi connectivity index (χ2n) is 4.80. The van der Waals surface area contributed by atoms with Crippen molar-refractivity contribution in [1.82, 2.24) is 4.90 Å². The summed E-state index contributed by atoms with van der Waals surface area (Å²) in [5, 5.41) is 3.47. The number of nitrogens with one attached hydrogen (secondary N) is 1. The van der Waals surface area contributed by atoms with E-state index < -0.39 is 0 Å². The Hall–Kier alpha value is -1.02. The summed E-state index contributed by atoms with van der Waals surface area (Å²) in [6, 6.07) is 6.93. The van der Waals surface area contributed by atoms with Crippen LogP contribution in [0.3, 0.4) is 0 Å². The molecule has 0 radical (unpaired) electrons. The van der Waals surface area contributed by atoms with Crippen LogP contribution in [0.1, 0.15) is 31.4 Å². The van der Waals surface area contributed by atoms with E-state index in [1.807, 2.05) is 0 Å². The van der Waals surface area contributed by atoms with Crippen LogP contribution in [0.5, 0.6) is 0 Å². The Morgan fingerprint density at radius 2 is 2.06 bits per heavy atom. The highest BCUT2D eigenvalue weighted by Crippen LogP contribution is 2.23. The molecule has 0 saturated carbocycles. The summed E-state index contributed by atoms with van der Waals surface area (Å²) in [5.74, 6) is 0. The van der Waals surface area contributed by atoms with Crippen LogP contribution in [0.25, 0.3) is 0 Å². The first-order valence-corrected chi connectivity index (χ1v) is 6.91. The summed E-state index contributed by atoms with van der Waals surface area (Å²) in [4.78, 5) is 2.48. The maximum atomic E-state index is 3.47. The van der Waals surface area contributed by atoms with E-state index in [0.717, 1.165) is 19.6 Å². The second kappa shape index (κ2) is 6.06. The monoisotopic (exact) mass is 232 g/mol. The SMILES string of the molecule is CCN(CC)CCc1ccc2c(c1)CCCN2. The molecule has 1 aromatic rings. The van der Waals surface area contributed by atoms with Crippen molar-refractivity contribution in [2.45, 2.75) is 33.1 Å². The second-order valence-corrected chi connectivity index (χ2v) is 4.80. The predicted molar refractivity (Wildman–Crippen MR) is 74.7 cm³/mol. The molecule has 1 heterocycles. The van der Waals surface area contributed by atoms with Gasteiger partial charge in [-0.05, 0) is 49.5 Å². The third-order valence-corrected chi connectivity index (χ3v) is 3.72. The van der Waals surface area contributed by atoms with Gasteiger partial charge in [0.15, 0.2) is 0 Å². The molecule has 1 N–H and O–H groups in total. The number of anilines is 1. The van der Waals surface area contributed by atoms with E-state index in [1.54, 1.807) is 0 Å². The first kappa shape index (κ1) is 12.4. The number of fused-ring (bicyclic) bond motifs is 1. The van der Waals surface area contributed by atoms with Crippen molar-refractivity contribution < 1.29 is 0 Å². The Balaban J connectivity index is 1.97. The number of rotatable bonds is 5. The fourth-order valence-corrected chi connectivity index (χ4v) is 2.51. The first-order chi connectivity index (χ1) is 8.33. The molecule has 0 aromatic heterocycles. The first-order valence-electron chi connectivity index (χ1n) is 6.91. The van der Waals surface area contributed by atoms with Gasteiger partial charge >= 0.3 is 0 Å². The number of hydrogen-bond donors (Lipinski definition) is 1. The van der Waals surface area contributed by atoms with Gasteiger partial charge in [-0.3, -0.25) is 0 Å². The van der Waals surface area contributed by atoms with E-state index in [4.69, 9.17) is 0 Å². The Bertz CT molecular complexity index is 356. The van der Waals surface area contributed by atoms with Gasteiger partial charge in [-0.25, -0.2) is 0 Å². The van der Waals surface area contributed by atoms with E-state index in [2.05, 4.69) is 42.3 Å². The fraction of sp³-hybridized carbons (Fsp3) is 0.600. The normalized spacial score (nSPS) is 14.5. The Morgan fingerprint density at radius 1 is 1.24 bits per heavy atom. The third-order valence-electron chi connectivity index (χ3n) is 3.72. The summed E-state index contributed by atoms with van der Waals surface area (Å²) in [6.45, 7) is 9.09. The van der Waals surface area contributed by atoms with E-state index in [-0.39, 0.29) is 0 Å². The molecule has 2 heteroatoms. The zero-order chi connectivity index (χ0) is 12.1. The Labute approximate surface area is 105 Å². The van der Waals surface area contributed by atoms with Crippen LogP contribution in [0.2, 0.25) is 0 Å². The molecule has 2 nitrogen and oxygen atoms in total. The van der Waals surface area contributed by atoms with Crippen molar-refractivity contribution >= 4 is 5.69 Å². The van der Waals surface area contributed by atoms with E-state index in [1.165, 1.54) is 42.6 Å². The van der Waals surface area contributed by atoms with Gasteiger partial charge in [-0.1, -0.05) is 26.0 Å². The summed E-state index contributed by atoms with van der Waals surface area (Å²) < 4.78 is 0. The van der Waals surface area contributed by atoms with Crippen LogP contribution in [-0.4, -0.2) is 31.1 Å². The zero-order valence-electron chi connectivity index (χ0n) is 11.1. The molecule has 0 fully saturated rings. The molecule has 0 amide bonds. The summed E-state index contributed by atoms with van der Waals surface area (Å²) in [7, 11) is 0. The van der Waals surface area contributed by atoms with Gasteiger partial charge in [0.2, 0.25) is 0 Å². The molecule has 1 aliphatic rings. The van der Waals surface area contributed by atoms with Crippen LogP contribution in [-0.2, 0) is 12.8 Å². The molecule has 17 heavy (non-hydrogen) atoms. The van der Waals surface area contributed by atoms with Gasteiger partial charge in [0, 0.05) is 18.8 Å². The molecule has 0 spiro atoms. The minimum absolute atomic E-state index is 1.13. The average molecular weight is 232 g/mol. The summed E-state index contributed by atoms with van der Waals surface area (Å²) >= 11 is 0. The van der Waals surface area contributed by atoms with Crippen LogP contribution < -0.4 is 5.32 Å². The lowest BCUT2D eigenvalue weighted by Gasteiger charge is -2.20. The third kappa shape index (κ3) is 3.22. The van der Waals surface area contributed by atoms with Gasteiger partial charge in [-0.15, -0.1) is 0 Å². The molecule has 94 valence electrons. The summed E-state index contributed by atoms with van der Waals surface area (Å²) in [6.07, 6.45) is 3.68. The van der Waals surface area contributed by atoms with Gasteiger partial charge in [0.05, 0.1) is 0 Å². The largest absolute Gasteiger partial charge is 0.385 e. The highest BCUT2D eigenvalue weighted by molar-refractivity contribution is 5.54. The lowest BCUT2D eigenvalue weighted by Crippen LogP contribution is -2.25. The molecule has 0 bridgehead atoms. The molecule has 0 unspecified atom stereocenters. The topological polar surface area (TPSA) is 15.3 Å². The van der Waals surface area contributed by atoms with Crippen molar-refractivity contribution in [2.24, 2.45) is 0 Å². The molecule has 0 saturated heterocycles. The van der Waals surface area contributed by atoms with Crippen molar-refractivity contribution in [3.63, 3.8) is 0 Å². The van der Waals surface area contributed by atoms with E-state index >= 15 is 0 Å². The van der Waals surface area contributed by atoms with Gasteiger partial charge < -0.3 is 10.2 Å². The molecule has 1 aliphatic heterocycles. The van der Waals surface area contributed by atoms with Crippen LogP contribution in [0.15, 0.2) is 18.2 Å². The molecule has 0 aliphatic carbocycles. The van der Waals surface area contributed by atoms with Crippen molar-refractivity contribution in [3.8, 4) is 0 Å². The minimum Gasteiger partial charge on any atom is -0.385 e. The van der Waals surface area contributed by atoms with Gasteiger partial charge in [0.1, 0.15) is 0 Å². The molecular weight excluding hydrogens is 208 g/mol. The van der Waals surface area contributed by atoms with Crippen LogP contribution in [0, 0.1) is 0 Å². The maximum absolute atomic E-state index is 3.47. The molecule has 1 aromatic carbocycles. The van der Waals surface area contributed by atoms with Crippen molar-refractivity contribution in [2.75, 3.05) is 31.5 Å². The number of benzene rings is 1. The highest BCUT2D eigenvalue weighted by Gasteiger charge is 2.09. The average Bonchev–Trinajstić information content (AvgIpc) is 2.40. The Kier molecular flexibility index (Phi) is 4.43. The lowest BCUT2D eigenvalue weighted by atomic mass is 9.99. The Morgan fingerprint density at radius 3 is 2.82 bits per heavy atom. The van der Waals surface area contributed by atoms with Crippen LogP contribution >= 0.6 is 0 Å². The fourth-order valence-electron chi connectivity index (χ4n) is 2.51. The predicted octanol–water partition coefficient (Wildman–Crippen LogP) is 2.93. The summed E-state index contributed by atoms with van der Waals surface area (Å²) in [5.41, 5.74) is 4.34. The maximum Gasteiger partial charge on any atom is 0.0372 e. The molecule has 0 atom stereocenters. The van der Waals surface area contributed by atoms with E-state index in [9.17, 15) is 0 Å². The molecular formula is C15H24N2. The minimum atomic E-state index is 1.13. The van der Waals surface area contributed by atoms with Crippen molar-refractivity contribution in [3.05, 3.63) is 29.3 Å². The lowest BCUT2D eigenvalue weighted by molar-refractivity contribution is 0.308. The number of aryl methyl sites for hydroxylation is 1. The van der Waals surface area contributed by atoms with E-state index in [0.29, 0.717) is 0 Å². The van der Waals surface area contributed by atoms with Gasteiger partial charge in [0.25, 0.3) is 0 Å².